The summed E-state index contributed by atoms with van der Waals surface area (Å²) >= 11 is 0. The van der Waals surface area contributed by atoms with Gasteiger partial charge in [0.1, 0.15) is 0 Å². The van der Waals surface area contributed by atoms with Crippen LogP contribution in [0.1, 0.15) is 25.3 Å². The first-order valence-corrected chi connectivity index (χ1v) is 7.08. The highest BCUT2D eigenvalue weighted by Crippen LogP contribution is 2.29. The van der Waals surface area contributed by atoms with Gasteiger partial charge < -0.3 is 10.2 Å². The molecule has 0 aliphatic carbocycles. The normalized spacial score (nSPS) is 18.2. The van der Waals surface area contributed by atoms with E-state index < -0.39 is 11.7 Å². The second kappa shape index (κ2) is 6.48. The van der Waals surface area contributed by atoms with Gasteiger partial charge in [-0.1, -0.05) is 6.92 Å². The van der Waals surface area contributed by atoms with E-state index in [2.05, 4.69) is 17.1 Å². The van der Waals surface area contributed by atoms with Gasteiger partial charge in [0.05, 0.1) is 5.56 Å². The predicted molar refractivity (Wildman–Crippen MR) is 74.8 cm³/mol. The zero-order chi connectivity index (χ0) is 14.6. The Morgan fingerprint density at radius 2 is 1.75 bits per heavy atom. The van der Waals surface area contributed by atoms with Crippen LogP contribution in [0.5, 0.6) is 0 Å². The molecule has 1 fully saturated rings. The number of piperidine rings is 1. The van der Waals surface area contributed by atoms with Crippen LogP contribution >= 0.6 is 0 Å². The molecule has 20 heavy (non-hydrogen) atoms. The molecular weight excluding hydrogens is 265 g/mol. The van der Waals surface area contributed by atoms with Crippen molar-refractivity contribution >= 4 is 5.69 Å². The third-order valence-corrected chi connectivity index (χ3v) is 3.85. The van der Waals surface area contributed by atoms with Crippen LogP contribution in [-0.2, 0) is 6.18 Å². The molecule has 0 unspecified atom stereocenters. The highest BCUT2D eigenvalue weighted by atomic mass is 19.4. The fourth-order valence-corrected chi connectivity index (χ4v) is 2.42. The van der Waals surface area contributed by atoms with Crippen molar-refractivity contribution in [3.05, 3.63) is 29.8 Å². The molecule has 1 aliphatic rings. The van der Waals surface area contributed by atoms with Crippen molar-refractivity contribution in [2.24, 2.45) is 5.92 Å². The maximum Gasteiger partial charge on any atom is 0.416 e. The van der Waals surface area contributed by atoms with Gasteiger partial charge in [0.2, 0.25) is 0 Å². The molecule has 0 atom stereocenters. The van der Waals surface area contributed by atoms with Gasteiger partial charge in [-0.3, -0.25) is 0 Å². The monoisotopic (exact) mass is 286 g/mol. The van der Waals surface area contributed by atoms with E-state index in [4.69, 9.17) is 0 Å². The summed E-state index contributed by atoms with van der Waals surface area (Å²) in [7, 11) is 0. The highest BCUT2D eigenvalue weighted by molar-refractivity contribution is 5.45. The number of anilines is 1. The molecule has 112 valence electrons. The molecule has 1 N–H and O–H groups in total. The average Bonchev–Trinajstić information content (AvgIpc) is 2.41. The van der Waals surface area contributed by atoms with Crippen molar-refractivity contribution in [1.29, 1.82) is 0 Å². The number of benzene rings is 1. The van der Waals surface area contributed by atoms with Gasteiger partial charge in [-0.15, -0.1) is 0 Å². The minimum Gasteiger partial charge on any atom is -0.384 e. The summed E-state index contributed by atoms with van der Waals surface area (Å²) in [5.74, 6) is 0.814. The molecule has 0 aromatic heterocycles. The zero-order valence-electron chi connectivity index (χ0n) is 11.7. The lowest BCUT2D eigenvalue weighted by molar-refractivity contribution is -0.137. The maximum absolute atomic E-state index is 12.4. The molecule has 1 saturated heterocycles. The Labute approximate surface area is 118 Å². The lowest BCUT2D eigenvalue weighted by Gasteiger charge is -2.30. The van der Waals surface area contributed by atoms with Crippen molar-refractivity contribution in [1.82, 2.24) is 4.90 Å². The molecule has 0 amide bonds. The third-order valence-electron chi connectivity index (χ3n) is 3.85. The van der Waals surface area contributed by atoms with E-state index in [1.165, 1.54) is 25.0 Å². The second-order valence-corrected chi connectivity index (χ2v) is 5.53. The van der Waals surface area contributed by atoms with Crippen LogP contribution < -0.4 is 5.32 Å². The number of hydrogen-bond acceptors (Lipinski definition) is 2. The second-order valence-electron chi connectivity index (χ2n) is 5.53. The Morgan fingerprint density at radius 1 is 1.15 bits per heavy atom. The molecule has 0 spiro atoms. The first-order valence-electron chi connectivity index (χ1n) is 7.08. The minimum absolute atomic E-state index is 0.604. The van der Waals surface area contributed by atoms with Gasteiger partial charge in [0, 0.05) is 18.8 Å². The number of hydrogen-bond donors (Lipinski definition) is 1. The number of nitrogens with zero attached hydrogens (tertiary/aromatic N) is 1. The van der Waals surface area contributed by atoms with Crippen molar-refractivity contribution < 1.29 is 13.2 Å². The van der Waals surface area contributed by atoms with Gasteiger partial charge in [-0.2, -0.15) is 13.2 Å². The Hall–Kier alpha value is -1.23. The summed E-state index contributed by atoms with van der Waals surface area (Å²) in [5.41, 5.74) is 0.136. The van der Waals surface area contributed by atoms with Crippen molar-refractivity contribution in [2.75, 3.05) is 31.5 Å². The first-order chi connectivity index (χ1) is 9.45. The maximum atomic E-state index is 12.4. The van der Waals surface area contributed by atoms with E-state index >= 15 is 0 Å². The van der Waals surface area contributed by atoms with E-state index in [1.807, 2.05) is 0 Å². The van der Waals surface area contributed by atoms with E-state index in [9.17, 15) is 13.2 Å². The molecule has 1 heterocycles. The topological polar surface area (TPSA) is 15.3 Å². The van der Waals surface area contributed by atoms with Crippen LogP contribution in [0, 0.1) is 5.92 Å². The molecule has 0 saturated carbocycles. The molecule has 1 aromatic rings. The largest absolute Gasteiger partial charge is 0.416 e. The fourth-order valence-electron chi connectivity index (χ4n) is 2.42. The predicted octanol–water partition coefficient (Wildman–Crippen LogP) is 3.85. The molecule has 0 radical (unpaired) electrons. The summed E-state index contributed by atoms with van der Waals surface area (Å²) in [6.45, 7) is 6.22. The molecule has 0 bridgehead atoms. The summed E-state index contributed by atoms with van der Waals surface area (Å²) in [6, 6.07) is 5.21. The van der Waals surface area contributed by atoms with E-state index in [0.29, 0.717) is 0 Å². The van der Waals surface area contributed by atoms with Crippen LogP contribution in [0.4, 0.5) is 18.9 Å². The standard InChI is InChI=1S/C15H21F3N2/c1-12-6-9-20(10-7-12)11-8-19-14-4-2-13(3-5-14)15(16,17)18/h2-5,12,19H,6-11H2,1H3. The number of rotatable bonds is 4. The Kier molecular flexibility index (Phi) is 4.91. The number of nitrogens with one attached hydrogen (secondary N) is 1. The lowest BCUT2D eigenvalue weighted by atomic mass is 9.99. The van der Waals surface area contributed by atoms with Crippen molar-refractivity contribution in [3.63, 3.8) is 0 Å². The number of alkyl halides is 3. The van der Waals surface area contributed by atoms with Gasteiger partial charge in [0.25, 0.3) is 0 Å². The highest BCUT2D eigenvalue weighted by Gasteiger charge is 2.29. The molecule has 2 nitrogen and oxygen atoms in total. The fraction of sp³-hybridized carbons (Fsp3) is 0.600. The van der Waals surface area contributed by atoms with E-state index in [1.54, 1.807) is 0 Å². The van der Waals surface area contributed by atoms with E-state index in [0.717, 1.165) is 49.9 Å². The SMILES string of the molecule is CC1CCN(CCNc2ccc(C(F)(F)F)cc2)CC1. The Bertz CT molecular complexity index is 406. The molecule has 1 aromatic carbocycles. The van der Waals surface area contributed by atoms with Crippen LogP contribution in [0.15, 0.2) is 24.3 Å². The first kappa shape index (κ1) is 15.2. The summed E-state index contributed by atoms with van der Waals surface area (Å²) < 4.78 is 37.3. The quantitative estimate of drug-likeness (QED) is 0.904. The molecule has 5 heteroatoms. The van der Waals surface area contributed by atoms with Crippen molar-refractivity contribution in [2.45, 2.75) is 25.9 Å². The minimum atomic E-state index is -4.26. The van der Waals surface area contributed by atoms with Gasteiger partial charge in [0.15, 0.2) is 0 Å². The molecule has 2 rings (SSSR count). The van der Waals surface area contributed by atoms with Crippen LogP contribution in [-0.4, -0.2) is 31.1 Å². The van der Waals surface area contributed by atoms with E-state index in [-0.39, 0.29) is 0 Å². The summed E-state index contributed by atoms with van der Waals surface area (Å²) in [5, 5.41) is 3.17. The van der Waals surface area contributed by atoms with Crippen LogP contribution in [0.25, 0.3) is 0 Å². The zero-order valence-corrected chi connectivity index (χ0v) is 11.7. The summed E-state index contributed by atoms with van der Waals surface area (Å²) in [4.78, 5) is 2.40. The molecule has 1 aliphatic heterocycles. The van der Waals surface area contributed by atoms with Gasteiger partial charge in [-0.25, -0.2) is 0 Å². The molecular formula is C15H21F3N2. The number of halogens is 3. The number of likely N-dealkylation sites (tertiary alicyclic amines) is 1. The summed E-state index contributed by atoms with van der Waals surface area (Å²) in [6.07, 6.45) is -1.79. The lowest BCUT2D eigenvalue weighted by Crippen LogP contribution is -2.36. The van der Waals surface area contributed by atoms with Crippen LogP contribution in [0.2, 0.25) is 0 Å². The van der Waals surface area contributed by atoms with Gasteiger partial charge in [-0.05, 0) is 56.1 Å². The van der Waals surface area contributed by atoms with Gasteiger partial charge >= 0.3 is 6.18 Å². The Balaban J connectivity index is 1.74. The smallest absolute Gasteiger partial charge is 0.384 e. The third kappa shape index (κ3) is 4.40. The Morgan fingerprint density at radius 3 is 2.30 bits per heavy atom. The average molecular weight is 286 g/mol. The van der Waals surface area contributed by atoms with Crippen molar-refractivity contribution in [3.8, 4) is 0 Å². The van der Waals surface area contributed by atoms with Crippen LogP contribution in [0.3, 0.4) is 0 Å².